The molecule has 1 aromatic carbocycles. The molecule has 0 radical (unpaired) electrons. The van der Waals surface area contributed by atoms with Crippen LogP contribution in [0.5, 0.6) is 5.75 Å². The number of anilines is 1. The van der Waals surface area contributed by atoms with E-state index >= 15 is 0 Å². The Morgan fingerprint density at radius 1 is 1.41 bits per heavy atom. The number of carbonyl (C=O) groups is 2. The first-order valence-electron chi connectivity index (χ1n) is 7.17. The van der Waals surface area contributed by atoms with Gasteiger partial charge in [-0.1, -0.05) is 12.1 Å². The average molecular weight is 328 g/mol. The summed E-state index contributed by atoms with van der Waals surface area (Å²) < 4.78 is 5.55. The number of halogens is 1. The van der Waals surface area contributed by atoms with Gasteiger partial charge in [-0.05, 0) is 32.0 Å². The molecule has 3 N–H and O–H groups in total. The number of carbonyl (C=O) groups excluding carboxylic acids is 2. The predicted octanol–water partition coefficient (Wildman–Crippen LogP) is 1.08. The smallest absolute Gasteiger partial charge is 0.267 e. The summed E-state index contributed by atoms with van der Waals surface area (Å²) in [6, 6.07) is 7.36. The van der Waals surface area contributed by atoms with Gasteiger partial charge in [0, 0.05) is 19.5 Å². The van der Waals surface area contributed by atoms with Gasteiger partial charge in [0.1, 0.15) is 5.75 Å². The van der Waals surface area contributed by atoms with Gasteiger partial charge in [-0.2, -0.15) is 0 Å². The molecule has 0 spiro atoms. The molecule has 0 saturated heterocycles. The van der Waals surface area contributed by atoms with Crippen molar-refractivity contribution in [3.8, 4) is 5.75 Å². The molecule has 1 aliphatic rings. The number of nitrogens with zero attached hydrogens (tertiary/aromatic N) is 1. The summed E-state index contributed by atoms with van der Waals surface area (Å²) in [5.41, 5.74) is 6.09. The summed E-state index contributed by atoms with van der Waals surface area (Å²) in [5, 5.41) is 2.79. The molecule has 0 fully saturated rings. The van der Waals surface area contributed by atoms with E-state index in [4.69, 9.17) is 10.5 Å². The molecular formula is C15H22ClN3O3. The molecule has 22 heavy (non-hydrogen) atoms. The Hall–Kier alpha value is -1.79. The molecular weight excluding hydrogens is 306 g/mol. The molecule has 2 rings (SSSR count). The average Bonchev–Trinajstić information content (AvgIpc) is 2.48. The largest absolute Gasteiger partial charge is 0.479 e. The lowest BCUT2D eigenvalue weighted by molar-refractivity contribution is -0.125. The molecule has 0 bridgehead atoms. The number of nitrogens with two attached hydrogens (primary N) is 1. The monoisotopic (exact) mass is 327 g/mol. The number of ether oxygens (including phenoxy) is 1. The van der Waals surface area contributed by atoms with E-state index in [0.717, 1.165) is 12.1 Å². The Balaban J connectivity index is 0.00000242. The van der Waals surface area contributed by atoms with Crippen molar-refractivity contribution in [2.75, 3.05) is 24.5 Å². The van der Waals surface area contributed by atoms with Crippen LogP contribution in [0.1, 0.15) is 19.8 Å². The van der Waals surface area contributed by atoms with E-state index in [1.165, 1.54) is 0 Å². The van der Waals surface area contributed by atoms with E-state index in [9.17, 15) is 9.59 Å². The van der Waals surface area contributed by atoms with Crippen molar-refractivity contribution < 1.29 is 14.3 Å². The number of rotatable bonds is 6. The molecule has 122 valence electrons. The molecule has 0 aliphatic carbocycles. The second kappa shape index (κ2) is 8.60. The third-order valence-corrected chi connectivity index (χ3v) is 3.34. The van der Waals surface area contributed by atoms with Gasteiger partial charge < -0.3 is 20.7 Å². The first-order valence-corrected chi connectivity index (χ1v) is 7.17. The normalized spacial score (nSPS) is 16.4. The number of nitrogens with one attached hydrogen (secondary N) is 1. The van der Waals surface area contributed by atoms with Crippen LogP contribution >= 0.6 is 12.4 Å². The van der Waals surface area contributed by atoms with Gasteiger partial charge in [0.05, 0.1) is 5.69 Å². The van der Waals surface area contributed by atoms with Crippen molar-refractivity contribution in [2.24, 2.45) is 5.73 Å². The van der Waals surface area contributed by atoms with Crippen LogP contribution in [0.3, 0.4) is 0 Å². The van der Waals surface area contributed by atoms with Gasteiger partial charge >= 0.3 is 0 Å². The van der Waals surface area contributed by atoms with Gasteiger partial charge in [0.15, 0.2) is 6.10 Å². The zero-order valence-electron chi connectivity index (χ0n) is 12.6. The second-order valence-corrected chi connectivity index (χ2v) is 4.96. The van der Waals surface area contributed by atoms with E-state index < -0.39 is 6.10 Å². The Bertz CT molecular complexity index is 525. The van der Waals surface area contributed by atoms with E-state index in [1.54, 1.807) is 11.8 Å². The van der Waals surface area contributed by atoms with Crippen LogP contribution < -0.4 is 20.7 Å². The van der Waals surface area contributed by atoms with Crippen molar-refractivity contribution in [1.29, 1.82) is 0 Å². The maximum atomic E-state index is 12.2. The minimum atomic E-state index is -0.528. The zero-order chi connectivity index (χ0) is 15.2. The summed E-state index contributed by atoms with van der Waals surface area (Å²) in [5.74, 6) is 0.476. The highest BCUT2D eigenvalue weighted by atomic mass is 35.5. The van der Waals surface area contributed by atoms with Crippen LogP contribution in [-0.4, -0.2) is 37.6 Å². The fourth-order valence-electron chi connectivity index (χ4n) is 2.22. The second-order valence-electron chi connectivity index (χ2n) is 4.96. The first kappa shape index (κ1) is 18.3. The molecule has 1 aromatic rings. The first-order chi connectivity index (χ1) is 10.1. The predicted molar refractivity (Wildman–Crippen MR) is 87.4 cm³/mol. The Morgan fingerprint density at radius 2 is 2.14 bits per heavy atom. The summed E-state index contributed by atoms with van der Waals surface area (Å²) in [6.45, 7) is 3.18. The minimum absolute atomic E-state index is 0. The quantitative estimate of drug-likeness (QED) is 0.766. The number of fused-ring (bicyclic) bond motifs is 1. The molecule has 1 atom stereocenters. The van der Waals surface area contributed by atoms with E-state index in [1.807, 2.05) is 24.3 Å². The lowest BCUT2D eigenvalue weighted by Crippen LogP contribution is -2.45. The third kappa shape index (κ3) is 4.35. The van der Waals surface area contributed by atoms with Crippen LogP contribution in [0, 0.1) is 0 Å². The summed E-state index contributed by atoms with van der Waals surface area (Å²) in [6.07, 6.45) is 0.486. The highest BCUT2D eigenvalue weighted by Gasteiger charge is 2.31. The Kier molecular flexibility index (Phi) is 7.14. The molecule has 6 nitrogen and oxygen atoms in total. The Labute approximate surface area is 136 Å². The topological polar surface area (TPSA) is 84.7 Å². The van der Waals surface area contributed by atoms with Crippen molar-refractivity contribution >= 4 is 29.9 Å². The molecule has 2 amide bonds. The third-order valence-electron chi connectivity index (χ3n) is 3.34. The number of hydrogen-bond donors (Lipinski definition) is 2. The number of para-hydroxylation sites is 2. The van der Waals surface area contributed by atoms with Crippen molar-refractivity contribution in [1.82, 2.24) is 5.32 Å². The van der Waals surface area contributed by atoms with E-state index in [2.05, 4.69) is 5.32 Å². The minimum Gasteiger partial charge on any atom is -0.479 e. The van der Waals surface area contributed by atoms with Crippen LogP contribution in [0.2, 0.25) is 0 Å². The maximum Gasteiger partial charge on any atom is 0.267 e. The standard InChI is InChI=1S/C15H21N3O3.ClH/c1-11-15(20)18(10-7-14(19)17-9-4-8-16)12-5-2-3-6-13(12)21-11;/h2-3,5-6,11H,4,7-10,16H2,1H3,(H,17,19);1H. The molecule has 1 heterocycles. The van der Waals surface area contributed by atoms with Gasteiger partial charge in [0.25, 0.3) is 5.91 Å². The van der Waals surface area contributed by atoms with Gasteiger partial charge in [0.2, 0.25) is 5.91 Å². The molecule has 7 heteroatoms. The summed E-state index contributed by atoms with van der Waals surface area (Å²) in [4.78, 5) is 25.6. The van der Waals surface area contributed by atoms with Crippen LogP contribution in [0.15, 0.2) is 24.3 Å². The molecule has 1 unspecified atom stereocenters. The number of hydrogen-bond acceptors (Lipinski definition) is 4. The van der Waals surface area contributed by atoms with Crippen LogP contribution in [-0.2, 0) is 9.59 Å². The van der Waals surface area contributed by atoms with Gasteiger partial charge in [-0.15, -0.1) is 12.4 Å². The number of benzene rings is 1. The lowest BCUT2D eigenvalue weighted by Gasteiger charge is -2.32. The fraction of sp³-hybridized carbons (Fsp3) is 0.467. The summed E-state index contributed by atoms with van der Waals surface area (Å²) >= 11 is 0. The maximum absolute atomic E-state index is 12.2. The van der Waals surface area contributed by atoms with Crippen LogP contribution in [0.25, 0.3) is 0 Å². The van der Waals surface area contributed by atoms with Crippen LogP contribution in [0.4, 0.5) is 5.69 Å². The number of amides is 2. The van der Waals surface area contributed by atoms with E-state index in [0.29, 0.717) is 25.4 Å². The summed E-state index contributed by atoms with van der Waals surface area (Å²) in [7, 11) is 0. The van der Waals surface area contributed by atoms with Crippen molar-refractivity contribution in [2.45, 2.75) is 25.9 Å². The lowest BCUT2D eigenvalue weighted by atomic mass is 10.1. The van der Waals surface area contributed by atoms with Gasteiger partial charge in [-0.3, -0.25) is 9.59 Å². The Morgan fingerprint density at radius 3 is 2.86 bits per heavy atom. The zero-order valence-corrected chi connectivity index (χ0v) is 13.4. The van der Waals surface area contributed by atoms with E-state index in [-0.39, 0.29) is 30.6 Å². The highest BCUT2D eigenvalue weighted by Crippen LogP contribution is 2.33. The van der Waals surface area contributed by atoms with Crippen molar-refractivity contribution in [3.05, 3.63) is 24.3 Å². The highest BCUT2D eigenvalue weighted by molar-refractivity contribution is 6.00. The molecule has 1 aliphatic heterocycles. The molecule has 0 aromatic heterocycles. The van der Waals surface area contributed by atoms with Gasteiger partial charge in [-0.25, -0.2) is 0 Å². The van der Waals surface area contributed by atoms with Crippen molar-refractivity contribution in [3.63, 3.8) is 0 Å². The molecule has 0 saturated carbocycles. The fourth-order valence-corrected chi connectivity index (χ4v) is 2.22. The SMILES string of the molecule is CC1Oc2ccccc2N(CCC(=O)NCCCN)C1=O.Cl.